The molecule has 1 aromatic rings. The summed E-state index contributed by atoms with van der Waals surface area (Å²) < 4.78 is 20.9. The van der Waals surface area contributed by atoms with Gasteiger partial charge in [-0.2, -0.15) is 0 Å². The zero-order valence-corrected chi connectivity index (χ0v) is 16.8. The minimum Gasteiger partial charge on any atom is -0.493 e. The standard InChI is InChI=1S/C19H25ClN2O6/c1-25-14-4-3-13(11-15(14)26-2)12-22(6-5-21-7-9-27-10-8-21)17-16(20)18(23)28-19(17)24/h3-4,11,19,24H,5-10,12H2,1-2H3. The predicted octanol–water partition coefficient (Wildman–Crippen LogP) is 1.16. The van der Waals surface area contributed by atoms with Gasteiger partial charge in [0.05, 0.1) is 27.4 Å². The average molecular weight is 413 g/mol. The first kappa shape index (κ1) is 20.7. The number of carbonyl (C=O) groups is 1. The first-order chi connectivity index (χ1) is 13.5. The van der Waals surface area contributed by atoms with Crippen molar-refractivity contribution in [1.29, 1.82) is 0 Å². The summed E-state index contributed by atoms with van der Waals surface area (Å²) in [5.74, 6) is 0.517. The van der Waals surface area contributed by atoms with Crippen molar-refractivity contribution in [3.8, 4) is 11.5 Å². The van der Waals surface area contributed by atoms with Crippen LogP contribution in [0.4, 0.5) is 0 Å². The molecule has 1 unspecified atom stereocenters. The van der Waals surface area contributed by atoms with E-state index in [1.165, 1.54) is 0 Å². The Labute approximate surface area is 169 Å². The summed E-state index contributed by atoms with van der Waals surface area (Å²) in [4.78, 5) is 15.9. The van der Waals surface area contributed by atoms with Crippen LogP contribution in [-0.4, -0.2) is 80.8 Å². The third-order valence-corrected chi connectivity index (χ3v) is 5.16. The van der Waals surface area contributed by atoms with E-state index in [9.17, 15) is 9.90 Å². The van der Waals surface area contributed by atoms with E-state index in [-0.39, 0.29) is 10.7 Å². The Morgan fingerprint density at radius 2 is 1.96 bits per heavy atom. The van der Waals surface area contributed by atoms with Gasteiger partial charge in [0.1, 0.15) is 5.70 Å². The van der Waals surface area contributed by atoms with Crippen LogP contribution in [0.5, 0.6) is 11.5 Å². The Morgan fingerprint density at radius 3 is 2.57 bits per heavy atom. The largest absolute Gasteiger partial charge is 0.493 e. The second-order valence-electron chi connectivity index (χ2n) is 6.52. The lowest BCUT2D eigenvalue weighted by atomic mass is 10.1. The summed E-state index contributed by atoms with van der Waals surface area (Å²) >= 11 is 6.14. The summed E-state index contributed by atoms with van der Waals surface area (Å²) in [5, 5.41) is 10.1. The number of nitrogens with zero attached hydrogens (tertiary/aromatic N) is 2. The molecule has 1 fully saturated rings. The van der Waals surface area contributed by atoms with Crippen molar-refractivity contribution in [2.24, 2.45) is 0 Å². The van der Waals surface area contributed by atoms with Gasteiger partial charge in [-0.3, -0.25) is 4.90 Å². The Bertz CT molecular complexity index is 735. The minimum atomic E-state index is -1.37. The van der Waals surface area contributed by atoms with Crippen LogP contribution >= 0.6 is 11.6 Å². The van der Waals surface area contributed by atoms with Crippen molar-refractivity contribution in [2.75, 3.05) is 53.6 Å². The highest BCUT2D eigenvalue weighted by molar-refractivity contribution is 6.42. The quantitative estimate of drug-likeness (QED) is 0.637. The summed E-state index contributed by atoms with van der Waals surface area (Å²) in [6, 6.07) is 5.58. The molecule has 0 aliphatic carbocycles. The lowest BCUT2D eigenvalue weighted by Gasteiger charge is -2.32. The van der Waals surface area contributed by atoms with E-state index >= 15 is 0 Å². The van der Waals surface area contributed by atoms with E-state index in [0.29, 0.717) is 37.8 Å². The molecular weight excluding hydrogens is 388 g/mol. The maximum Gasteiger partial charge on any atom is 0.354 e. The molecule has 3 rings (SSSR count). The van der Waals surface area contributed by atoms with E-state index in [0.717, 1.165) is 25.2 Å². The van der Waals surface area contributed by atoms with E-state index < -0.39 is 12.3 Å². The molecule has 154 valence electrons. The van der Waals surface area contributed by atoms with E-state index in [1.807, 2.05) is 23.1 Å². The number of ether oxygens (including phenoxy) is 4. The normalized spacial score (nSPS) is 20.3. The van der Waals surface area contributed by atoms with Crippen LogP contribution in [0.2, 0.25) is 0 Å². The number of hydrogen-bond donors (Lipinski definition) is 1. The first-order valence-electron chi connectivity index (χ1n) is 9.08. The van der Waals surface area contributed by atoms with Gasteiger partial charge in [-0.25, -0.2) is 4.79 Å². The van der Waals surface area contributed by atoms with Gasteiger partial charge in [-0.15, -0.1) is 0 Å². The van der Waals surface area contributed by atoms with Gasteiger partial charge in [0.2, 0.25) is 6.29 Å². The maximum atomic E-state index is 11.8. The second-order valence-corrected chi connectivity index (χ2v) is 6.90. The van der Waals surface area contributed by atoms with Crippen molar-refractivity contribution in [2.45, 2.75) is 12.8 Å². The molecule has 2 aliphatic heterocycles. The van der Waals surface area contributed by atoms with Gasteiger partial charge in [0, 0.05) is 32.7 Å². The fourth-order valence-corrected chi connectivity index (χ4v) is 3.55. The highest BCUT2D eigenvalue weighted by Gasteiger charge is 2.35. The fraction of sp³-hybridized carbons (Fsp3) is 0.526. The lowest BCUT2D eigenvalue weighted by molar-refractivity contribution is -0.152. The van der Waals surface area contributed by atoms with Gasteiger partial charge in [0.15, 0.2) is 16.5 Å². The molecule has 0 radical (unpaired) electrons. The van der Waals surface area contributed by atoms with Crippen molar-refractivity contribution in [3.63, 3.8) is 0 Å². The van der Waals surface area contributed by atoms with Gasteiger partial charge >= 0.3 is 5.97 Å². The van der Waals surface area contributed by atoms with Crippen LogP contribution in [0, 0.1) is 0 Å². The van der Waals surface area contributed by atoms with Crippen LogP contribution < -0.4 is 9.47 Å². The molecular formula is C19H25ClN2O6. The summed E-state index contributed by atoms with van der Waals surface area (Å²) in [6.45, 7) is 4.80. The topological polar surface area (TPSA) is 80.7 Å². The third kappa shape index (κ3) is 4.70. The zero-order chi connectivity index (χ0) is 20.1. The molecule has 1 atom stereocenters. The smallest absolute Gasteiger partial charge is 0.354 e. The number of benzene rings is 1. The highest BCUT2D eigenvalue weighted by Crippen LogP contribution is 2.31. The molecule has 0 aromatic heterocycles. The number of methoxy groups -OCH3 is 2. The van der Waals surface area contributed by atoms with Gasteiger partial charge in [-0.05, 0) is 17.7 Å². The minimum absolute atomic E-state index is 0.0880. The average Bonchev–Trinajstić information content (AvgIpc) is 2.97. The second kappa shape index (κ2) is 9.47. The van der Waals surface area contributed by atoms with Crippen LogP contribution in [0.3, 0.4) is 0 Å². The fourth-order valence-electron chi connectivity index (χ4n) is 3.29. The number of halogens is 1. The van der Waals surface area contributed by atoms with Crippen LogP contribution in [0.25, 0.3) is 0 Å². The molecule has 1 N–H and O–H groups in total. The Morgan fingerprint density at radius 1 is 1.25 bits per heavy atom. The number of cyclic esters (lactones) is 1. The predicted molar refractivity (Wildman–Crippen MR) is 102 cm³/mol. The Hall–Kier alpha value is -2.00. The molecule has 28 heavy (non-hydrogen) atoms. The number of morpholine rings is 1. The number of carbonyl (C=O) groups excluding carboxylic acids is 1. The van der Waals surface area contributed by atoms with E-state index in [4.69, 9.17) is 30.5 Å². The number of rotatable bonds is 8. The van der Waals surface area contributed by atoms with Crippen LogP contribution in [-0.2, 0) is 20.8 Å². The zero-order valence-electron chi connectivity index (χ0n) is 16.0. The number of hydrogen-bond acceptors (Lipinski definition) is 8. The van der Waals surface area contributed by atoms with Gasteiger partial charge in [0.25, 0.3) is 0 Å². The SMILES string of the molecule is COc1ccc(CN(CCN2CCOCC2)C2=C(Cl)C(=O)OC2O)cc1OC. The molecule has 2 aliphatic rings. The first-order valence-corrected chi connectivity index (χ1v) is 9.46. The summed E-state index contributed by atoms with van der Waals surface area (Å²) in [7, 11) is 3.15. The maximum absolute atomic E-state index is 11.8. The van der Waals surface area contributed by atoms with Crippen molar-refractivity contribution in [3.05, 3.63) is 34.5 Å². The van der Waals surface area contributed by atoms with Gasteiger partial charge in [-0.1, -0.05) is 17.7 Å². The molecule has 9 heteroatoms. The monoisotopic (exact) mass is 412 g/mol. The molecule has 0 bridgehead atoms. The number of aliphatic hydroxyl groups is 1. The van der Waals surface area contributed by atoms with Crippen molar-refractivity contribution < 1.29 is 28.8 Å². The number of esters is 1. The summed E-state index contributed by atoms with van der Waals surface area (Å²) in [5.41, 5.74) is 1.21. The molecule has 0 saturated carbocycles. The van der Waals surface area contributed by atoms with Crippen LogP contribution in [0.1, 0.15) is 5.56 Å². The van der Waals surface area contributed by atoms with E-state index in [1.54, 1.807) is 14.2 Å². The van der Waals surface area contributed by atoms with Gasteiger partial charge < -0.3 is 29.0 Å². The van der Waals surface area contributed by atoms with Crippen molar-refractivity contribution in [1.82, 2.24) is 9.80 Å². The Kier molecular flexibility index (Phi) is 7.01. The molecule has 1 aromatic carbocycles. The summed E-state index contributed by atoms with van der Waals surface area (Å²) in [6.07, 6.45) is -1.37. The molecule has 1 saturated heterocycles. The molecule has 8 nitrogen and oxygen atoms in total. The molecule has 0 spiro atoms. The van der Waals surface area contributed by atoms with Crippen LogP contribution in [0.15, 0.2) is 28.9 Å². The van der Waals surface area contributed by atoms with Crippen molar-refractivity contribution >= 4 is 17.6 Å². The lowest BCUT2D eigenvalue weighted by Crippen LogP contribution is -2.42. The number of aliphatic hydroxyl groups excluding tert-OH is 1. The van der Waals surface area contributed by atoms with E-state index in [2.05, 4.69) is 4.90 Å². The molecule has 2 heterocycles. The highest BCUT2D eigenvalue weighted by atomic mass is 35.5. The Balaban J connectivity index is 1.80. The third-order valence-electron chi connectivity index (χ3n) is 4.81. The molecule has 0 amide bonds.